The van der Waals surface area contributed by atoms with E-state index >= 15 is 0 Å². The number of allylic oxidation sites excluding steroid dienone is 2. The third kappa shape index (κ3) is 3.39. The first-order valence-electron chi connectivity index (χ1n) is 9.45. The van der Waals surface area contributed by atoms with Crippen molar-refractivity contribution in [3.8, 4) is 0 Å². The van der Waals surface area contributed by atoms with Crippen LogP contribution in [-0.2, 0) is 10.0 Å². The van der Waals surface area contributed by atoms with Crippen LogP contribution < -0.4 is 11.1 Å². The summed E-state index contributed by atoms with van der Waals surface area (Å²) in [5.41, 5.74) is 8.22. The van der Waals surface area contributed by atoms with Crippen molar-refractivity contribution in [1.82, 2.24) is 8.96 Å². The molecule has 8 heteroatoms. The zero-order chi connectivity index (χ0) is 21.5. The first-order chi connectivity index (χ1) is 14.2. The van der Waals surface area contributed by atoms with Crippen LogP contribution in [-0.4, -0.2) is 28.0 Å². The van der Waals surface area contributed by atoms with Crippen LogP contribution in [0.1, 0.15) is 29.3 Å². The van der Waals surface area contributed by atoms with Gasteiger partial charge in [-0.25, -0.2) is 17.4 Å². The minimum absolute atomic E-state index is 0.293. The maximum absolute atomic E-state index is 13.3. The molecule has 0 bridgehead atoms. The van der Waals surface area contributed by atoms with E-state index in [1.807, 2.05) is 13.0 Å². The SMILES string of the molecule is Cc1ccc(NC(=O)c2ccc3c(ccn3S(=O)(=O)C3(C)C=CC(N)=CC3)c2)nc1. The second-order valence-corrected chi connectivity index (χ2v) is 9.90. The number of nitrogens with zero attached hydrogens (tertiary/aromatic N) is 2. The van der Waals surface area contributed by atoms with Crippen molar-refractivity contribution in [2.24, 2.45) is 5.73 Å². The Labute approximate surface area is 175 Å². The summed E-state index contributed by atoms with van der Waals surface area (Å²) >= 11 is 0. The number of aryl methyl sites for hydroxylation is 1. The van der Waals surface area contributed by atoms with Gasteiger partial charge in [0, 0.05) is 29.0 Å². The molecule has 0 saturated carbocycles. The van der Waals surface area contributed by atoms with E-state index in [0.717, 1.165) is 5.56 Å². The Bertz CT molecular complexity index is 1300. The van der Waals surface area contributed by atoms with Gasteiger partial charge in [-0.05, 0) is 62.2 Å². The zero-order valence-corrected chi connectivity index (χ0v) is 17.5. The Kier molecular flexibility index (Phi) is 4.74. The predicted octanol–water partition coefficient (Wildman–Crippen LogP) is 3.34. The van der Waals surface area contributed by atoms with Gasteiger partial charge in [0.25, 0.3) is 5.91 Å². The molecule has 2 aromatic heterocycles. The summed E-state index contributed by atoms with van der Waals surface area (Å²) < 4.78 is 26.8. The maximum atomic E-state index is 13.3. The molecule has 154 valence electrons. The number of benzene rings is 1. The normalized spacial score (nSPS) is 18.9. The highest BCUT2D eigenvalue weighted by Crippen LogP contribution is 2.32. The van der Waals surface area contributed by atoms with Crippen LogP contribution in [0.5, 0.6) is 0 Å². The molecule has 3 aromatic rings. The van der Waals surface area contributed by atoms with E-state index in [0.29, 0.717) is 34.4 Å². The molecule has 7 nitrogen and oxygen atoms in total. The lowest BCUT2D eigenvalue weighted by Crippen LogP contribution is -2.38. The molecule has 0 aliphatic heterocycles. The molecule has 3 N–H and O–H groups in total. The van der Waals surface area contributed by atoms with Gasteiger partial charge in [-0.15, -0.1) is 0 Å². The minimum Gasteiger partial charge on any atom is -0.399 e. The van der Waals surface area contributed by atoms with Crippen LogP contribution in [0.4, 0.5) is 5.82 Å². The average molecular weight is 423 g/mol. The quantitative estimate of drug-likeness (QED) is 0.671. The molecular formula is C22H22N4O3S. The molecule has 1 aliphatic carbocycles. The Hall–Kier alpha value is -3.39. The molecule has 4 rings (SSSR count). The predicted molar refractivity (Wildman–Crippen MR) is 118 cm³/mol. The van der Waals surface area contributed by atoms with Crippen LogP contribution in [0, 0.1) is 6.92 Å². The highest BCUT2D eigenvalue weighted by molar-refractivity contribution is 7.91. The van der Waals surface area contributed by atoms with E-state index in [-0.39, 0.29) is 5.91 Å². The van der Waals surface area contributed by atoms with Gasteiger partial charge in [0.15, 0.2) is 0 Å². The number of nitrogens with one attached hydrogen (secondary N) is 1. The second kappa shape index (κ2) is 7.14. The molecule has 1 unspecified atom stereocenters. The lowest BCUT2D eigenvalue weighted by atomic mass is 10.0. The van der Waals surface area contributed by atoms with Gasteiger partial charge in [0.1, 0.15) is 10.6 Å². The highest BCUT2D eigenvalue weighted by atomic mass is 32.2. The monoisotopic (exact) mass is 422 g/mol. The summed E-state index contributed by atoms with van der Waals surface area (Å²) in [4.78, 5) is 16.7. The third-order valence-electron chi connectivity index (χ3n) is 5.29. The fourth-order valence-corrected chi connectivity index (χ4v) is 4.97. The summed E-state index contributed by atoms with van der Waals surface area (Å²) in [6.45, 7) is 3.59. The summed E-state index contributed by atoms with van der Waals surface area (Å²) in [5, 5.41) is 3.40. The fraction of sp³-hybridized carbons (Fsp3) is 0.182. The zero-order valence-electron chi connectivity index (χ0n) is 16.7. The van der Waals surface area contributed by atoms with E-state index in [1.165, 1.54) is 10.2 Å². The van der Waals surface area contributed by atoms with E-state index in [1.54, 1.807) is 61.7 Å². The standard InChI is InChI=1S/C22H22N4O3S/c1-15-3-6-20(24-14-15)25-21(27)17-4-5-19-16(13-17)9-12-26(19)30(28,29)22(2)10-7-18(23)8-11-22/h3-10,12-14H,11,23H2,1-2H3,(H,24,25,27). The van der Waals surface area contributed by atoms with Crippen molar-refractivity contribution >= 4 is 32.7 Å². The van der Waals surface area contributed by atoms with Gasteiger partial charge in [-0.3, -0.25) is 4.79 Å². The fourth-order valence-electron chi connectivity index (χ4n) is 3.34. The Balaban J connectivity index is 1.65. The molecule has 1 aromatic carbocycles. The van der Waals surface area contributed by atoms with Gasteiger partial charge in [-0.2, -0.15) is 0 Å². The van der Waals surface area contributed by atoms with E-state index in [4.69, 9.17) is 5.73 Å². The van der Waals surface area contributed by atoms with E-state index in [9.17, 15) is 13.2 Å². The molecule has 0 saturated heterocycles. The highest BCUT2D eigenvalue weighted by Gasteiger charge is 2.39. The number of carbonyl (C=O) groups is 1. The number of fused-ring (bicyclic) bond motifs is 1. The van der Waals surface area contributed by atoms with Crippen LogP contribution in [0.15, 0.2) is 72.7 Å². The number of pyridine rings is 1. The third-order valence-corrected chi connectivity index (χ3v) is 7.61. The Morgan fingerprint density at radius 2 is 2.03 bits per heavy atom. The number of hydrogen-bond acceptors (Lipinski definition) is 5. The lowest BCUT2D eigenvalue weighted by Gasteiger charge is -2.28. The first-order valence-corrected chi connectivity index (χ1v) is 10.9. The number of aromatic nitrogens is 2. The number of amides is 1. The molecule has 1 aliphatic rings. The van der Waals surface area contributed by atoms with Gasteiger partial charge < -0.3 is 11.1 Å². The largest absolute Gasteiger partial charge is 0.399 e. The van der Waals surface area contributed by atoms with Crippen molar-refractivity contribution in [2.45, 2.75) is 25.0 Å². The summed E-state index contributed by atoms with van der Waals surface area (Å²) in [6, 6.07) is 10.2. The van der Waals surface area contributed by atoms with Crippen molar-refractivity contribution < 1.29 is 13.2 Å². The van der Waals surface area contributed by atoms with Crippen LogP contribution in [0.2, 0.25) is 0 Å². The van der Waals surface area contributed by atoms with Crippen LogP contribution in [0.25, 0.3) is 10.9 Å². The molecular weight excluding hydrogens is 400 g/mol. The van der Waals surface area contributed by atoms with E-state index in [2.05, 4.69) is 10.3 Å². The summed E-state index contributed by atoms with van der Waals surface area (Å²) in [7, 11) is -3.73. The Morgan fingerprint density at radius 1 is 1.23 bits per heavy atom. The van der Waals surface area contributed by atoms with Gasteiger partial charge in [0.05, 0.1) is 5.52 Å². The second-order valence-electron chi connectivity index (χ2n) is 7.62. The van der Waals surface area contributed by atoms with Crippen LogP contribution >= 0.6 is 0 Å². The first kappa shape index (κ1) is 19.9. The molecule has 2 heterocycles. The number of rotatable bonds is 4. The molecule has 1 atom stereocenters. The van der Waals surface area contributed by atoms with Crippen molar-refractivity contribution in [3.05, 3.63) is 83.8 Å². The number of carbonyl (C=O) groups excluding carboxylic acids is 1. The molecule has 0 radical (unpaired) electrons. The smallest absolute Gasteiger partial charge is 0.256 e. The van der Waals surface area contributed by atoms with Gasteiger partial charge >= 0.3 is 0 Å². The number of anilines is 1. The number of hydrogen-bond donors (Lipinski definition) is 2. The average Bonchev–Trinajstić information content (AvgIpc) is 3.16. The summed E-state index contributed by atoms with van der Waals surface area (Å²) in [5.74, 6) is 0.141. The lowest BCUT2D eigenvalue weighted by molar-refractivity contribution is 0.102. The topological polar surface area (TPSA) is 107 Å². The maximum Gasteiger partial charge on any atom is 0.256 e. The van der Waals surface area contributed by atoms with Crippen molar-refractivity contribution in [1.29, 1.82) is 0 Å². The van der Waals surface area contributed by atoms with Crippen molar-refractivity contribution in [3.63, 3.8) is 0 Å². The molecule has 0 fully saturated rings. The molecule has 30 heavy (non-hydrogen) atoms. The Morgan fingerprint density at radius 3 is 2.70 bits per heavy atom. The van der Waals surface area contributed by atoms with Crippen molar-refractivity contribution in [2.75, 3.05) is 5.32 Å². The summed E-state index contributed by atoms with van der Waals surface area (Å²) in [6.07, 6.45) is 8.44. The minimum atomic E-state index is -3.73. The number of nitrogens with two attached hydrogens (primary N) is 1. The molecule has 1 amide bonds. The van der Waals surface area contributed by atoms with E-state index < -0.39 is 14.8 Å². The van der Waals surface area contributed by atoms with Gasteiger partial charge in [0.2, 0.25) is 10.0 Å². The molecule has 0 spiro atoms. The van der Waals surface area contributed by atoms with Crippen LogP contribution in [0.3, 0.4) is 0 Å². The van der Waals surface area contributed by atoms with Gasteiger partial charge in [-0.1, -0.05) is 18.2 Å².